The lowest BCUT2D eigenvalue weighted by molar-refractivity contribution is 0.788. The van der Waals surface area contributed by atoms with Gasteiger partial charge in [0.1, 0.15) is 0 Å². The number of nitrogens with zero attached hydrogens (tertiary/aromatic N) is 3. The van der Waals surface area contributed by atoms with Crippen LogP contribution in [0.25, 0.3) is 11.0 Å². The van der Waals surface area contributed by atoms with Crippen molar-refractivity contribution in [3.8, 4) is 0 Å². The van der Waals surface area contributed by atoms with E-state index in [4.69, 9.17) is 11.6 Å². The summed E-state index contributed by atoms with van der Waals surface area (Å²) in [5, 5.41) is 3.67. The highest BCUT2D eigenvalue weighted by atomic mass is 35.5. The molecule has 0 spiro atoms. The number of hydrogen-bond donors (Lipinski definition) is 1. The monoisotopic (exact) mass is 362 g/mol. The summed E-state index contributed by atoms with van der Waals surface area (Å²) in [6.07, 6.45) is 3.33. The third-order valence-corrected chi connectivity index (χ3v) is 4.25. The van der Waals surface area contributed by atoms with Crippen LogP contribution in [0.5, 0.6) is 0 Å². The number of pyridine rings is 1. The molecule has 0 bridgehead atoms. The van der Waals surface area contributed by atoms with Crippen molar-refractivity contribution in [2.45, 2.75) is 6.54 Å². The molecule has 0 unspecified atom stereocenters. The van der Waals surface area contributed by atoms with E-state index >= 15 is 0 Å². The van der Waals surface area contributed by atoms with Crippen molar-refractivity contribution in [2.75, 3.05) is 5.32 Å². The third-order valence-electron chi connectivity index (χ3n) is 4.02. The summed E-state index contributed by atoms with van der Waals surface area (Å²) >= 11 is 6.03. The van der Waals surface area contributed by atoms with Gasteiger partial charge in [0.2, 0.25) is 0 Å². The molecule has 4 aromatic rings. The number of nitrogens with one attached hydrogen (secondary N) is 1. The topological polar surface area (TPSA) is 59.8 Å². The molecule has 0 atom stereocenters. The lowest BCUT2D eigenvalue weighted by atomic mass is 10.2. The molecule has 128 valence electrons. The second kappa shape index (κ2) is 6.98. The summed E-state index contributed by atoms with van der Waals surface area (Å²) in [5.41, 5.74) is 2.91. The predicted octanol–water partition coefficient (Wildman–Crippen LogP) is 4.24. The van der Waals surface area contributed by atoms with Crippen LogP contribution in [0.1, 0.15) is 5.56 Å². The molecule has 2 heterocycles. The number of halogens is 1. The van der Waals surface area contributed by atoms with E-state index in [1.54, 1.807) is 35.2 Å². The van der Waals surface area contributed by atoms with Crippen LogP contribution in [0.2, 0.25) is 5.02 Å². The second-order valence-corrected chi connectivity index (χ2v) is 6.27. The van der Waals surface area contributed by atoms with Crippen LogP contribution in [0.4, 0.5) is 11.5 Å². The van der Waals surface area contributed by atoms with Crippen molar-refractivity contribution in [1.29, 1.82) is 0 Å². The molecule has 4 rings (SSSR count). The Bertz CT molecular complexity index is 1130. The Morgan fingerprint density at radius 3 is 2.69 bits per heavy atom. The SMILES string of the molecule is O=c1c(Nc2cccc(Cl)c2)nc2ccncc2n1Cc1ccccc1. The number of rotatable bonds is 4. The summed E-state index contributed by atoms with van der Waals surface area (Å²) in [5.74, 6) is 0.252. The summed E-state index contributed by atoms with van der Waals surface area (Å²) in [6.45, 7) is 0.439. The maximum atomic E-state index is 13.1. The van der Waals surface area contributed by atoms with Crippen molar-refractivity contribution in [3.63, 3.8) is 0 Å². The normalized spacial score (nSPS) is 10.8. The summed E-state index contributed by atoms with van der Waals surface area (Å²) in [6, 6.07) is 18.8. The molecule has 0 radical (unpaired) electrons. The van der Waals surface area contributed by atoms with Crippen LogP contribution >= 0.6 is 11.6 Å². The van der Waals surface area contributed by atoms with Crippen LogP contribution in [-0.2, 0) is 6.54 Å². The van der Waals surface area contributed by atoms with Gasteiger partial charge in [-0.1, -0.05) is 48.0 Å². The fraction of sp³-hybridized carbons (Fsp3) is 0.0500. The number of anilines is 2. The molecular formula is C20H15ClN4O. The Morgan fingerprint density at radius 2 is 1.88 bits per heavy atom. The van der Waals surface area contributed by atoms with Gasteiger partial charge < -0.3 is 5.32 Å². The number of benzene rings is 2. The molecule has 0 aliphatic rings. The average molecular weight is 363 g/mol. The van der Waals surface area contributed by atoms with Crippen LogP contribution in [-0.4, -0.2) is 14.5 Å². The first-order valence-corrected chi connectivity index (χ1v) is 8.49. The minimum absolute atomic E-state index is 0.214. The Morgan fingerprint density at radius 1 is 1.04 bits per heavy atom. The van der Waals surface area contributed by atoms with E-state index in [0.29, 0.717) is 28.3 Å². The quantitative estimate of drug-likeness (QED) is 0.590. The van der Waals surface area contributed by atoms with Crippen LogP contribution in [0.15, 0.2) is 77.9 Å². The summed E-state index contributed by atoms with van der Waals surface area (Å²) in [7, 11) is 0. The van der Waals surface area contributed by atoms with Crippen molar-refractivity contribution in [1.82, 2.24) is 14.5 Å². The first-order chi connectivity index (χ1) is 12.7. The molecule has 26 heavy (non-hydrogen) atoms. The van der Waals surface area contributed by atoms with Crippen molar-refractivity contribution in [2.24, 2.45) is 0 Å². The molecule has 0 amide bonds. The smallest absolute Gasteiger partial charge is 0.294 e. The first kappa shape index (κ1) is 16.3. The van der Waals surface area contributed by atoms with Gasteiger partial charge in [0.05, 0.1) is 23.8 Å². The Labute approximate surface area is 154 Å². The van der Waals surface area contributed by atoms with Crippen molar-refractivity contribution < 1.29 is 0 Å². The standard InChI is InChI=1S/C20H15ClN4O/c21-15-7-4-8-16(11-15)23-19-20(26)25(13-14-5-2-1-3-6-14)18-12-22-10-9-17(18)24-19/h1-12H,13H2,(H,23,24). The Kier molecular flexibility index (Phi) is 4.37. The summed E-state index contributed by atoms with van der Waals surface area (Å²) in [4.78, 5) is 21.7. The molecule has 5 nitrogen and oxygen atoms in total. The zero-order chi connectivity index (χ0) is 17.9. The zero-order valence-electron chi connectivity index (χ0n) is 13.8. The molecule has 0 aliphatic carbocycles. The second-order valence-electron chi connectivity index (χ2n) is 5.84. The molecule has 2 aromatic heterocycles. The van der Waals surface area contributed by atoms with Crippen molar-refractivity contribution in [3.05, 3.63) is 94.0 Å². The van der Waals surface area contributed by atoms with Gasteiger partial charge in [-0.3, -0.25) is 14.3 Å². The van der Waals surface area contributed by atoms with Gasteiger partial charge in [-0.15, -0.1) is 0 Å². The fourth-order valence-corrected chi connectivity index (χ4v) is 2.98. The molecule has 0 saturated carbocycles. The van der Waals surface area contributed by atoms with Crippen LogP contribution in [0, 0.1) is 0 Å². The largest absolute Gasteiger partial charge is 0.336 e. The predicted molar refractivity (Wildman–Crippen MR) is 104 cm³/mol. The molecule has 6 heteroatoms. The lowest BCUT2D eigenvalue weighted by Gasteiger charge is -2.13. The Hall–Kier alpha value is -3.18. The van der Waals surface area contributed by atoms with Gasteiger partial charge in [-0.2, -0.15) is 0 Å². The van der Waals surface area contributed by atoms with Gasteiger partial charge in [0.25, 0.3) is 5.56 Å². The molecule has 0 aliphatic heterocycles. The lowest BCUT2D eigenvalue weighted by Crippen LogP contribution is -2.25. The van der Waals surface area contributed by atoms with Gasteiger partial charge in [-0.25, -0.2) is 4.98 Å². The number of hydrogen-bond acceptors (Lipinski definition) is 4. The highest BCUT2D eigenvalue weighted by Crippen LogP contribution is 2.19. The molecule has 2 aromatic carbocycles. The van der Waals surface area contributed by atoms with Crippen LogP contribution < -0.4 is 10.9 Å². The highest BCUT2D eigenvalue weighted by Gasteiger charge is 2.12. The van der Waals surface area contributed by atoms with Gasteiger partial charge in [0.15, 0.2) is 5.82 Å². The Balaban J connectivity index is 1.84. The van der Waals surface area contributed by atoms with E-state index in [2.05, 4.69) is 15.3 Å². The fourth-order valence-electron chi connectivity index (χ4n) is 2.79. The first-order valence-electron chi connectivity index (χ1n) is 8.12. The van der Waals surface area contributed by atoms with E-state index in [1.165, 1.54) is 0 Å². The minimum atomic E-state index is -0.214. The van der Waals surface area contributed by atoms with E-state index < -0.39 is 0 Å². The van der Waals surface area contributed by atoms with Crippen molar-refractivity contribution >= 4 is 34.1 Å². The number of aromatic nitrogens is 3. The minimum Gasteiger partial charge on any atom is -0.336 e. The van der Waals surface area contributed by atoms with E-state index in [-0.39, 0.29) is 11.4 Å². The van der Waals surface area contributed by atoms with E-state index in [0.717, 1.165) is 5.56 Å². The molecule has 0 fully saturated rings. The van der Waals surface area contributed by atoms with Gasteiger partial charge in [0, 0.05) is 16.9 Å². The maximum Gasteiger partial charge on any atom is 0.294 e. The number of fused-ring (bicyclic) bond motifs is 1. The molecule has 0 saturated heterocycles. The molecule has 1 N–H and O–H groups in total. The van der Waals surface area contributed by atoms with Gasteiger partial charge >= 0.3 is 0 Å². The zero-order valence-corrected chi connectivity index (χ0v) is 14.5. The third kappa shape index (κ3) is 3.30. The maximum absolute atomic E-state index is 13.1. The summed E-state index contributed by atoms with van der Waals surface area (Å²) < 4.78 is 1.68. The van der Waals surface area contributed by atoms with E-state index in [9.17, 15) is 4.79 Å². The average Bonchev–Trinajstić information content (AvgIpc) is 2.66. The van der Waals surface area contributed by atoms with Gasteiger partial charge in [-0.05, 0) is 29.8 Å². The van der Waals surface area contributed by atoms with E-state index in [1.807, 2.05) is 42.5 Å². The highest BCUT2D eigenvalue weighted by molar-refractivity contribution is 6.30. The molecular weight excluding hydrogens is 348 g/mol. The van der Waals surface area contributed by atoms with Crippen LogP contribution in [0.3, 0.4) is 0 Å².